The lowest BCUT2D eigenvalue weighted by Gasteiger charge is -2.11. The maximum Gasteiger partial charge on any atom is 0.274 e. The van der Waals surface area contributed by atoms with Crippen molar-refractivity contribution in [3.8, 4) is 5.75 Å². The number of pyridine rings is 1. The van der Waals surface area contributed by atoms with E-state index >= 15 is 0 Å². The Balaban J connectivity index is 1.94. The van der Waals surface area contributed by atoms with Crippen molar-refractivity contribution in [2.75, 3.05) is 26.0 Å². The number of ether oxygens (including phenoxy) is 1. The van der Waals surface area contributed by atoms with Crippen LogP contribution in [0.25, 0.3) is 0 Å². The second-order valence-electron chi connectivity index (χ2n) is 5.22. The second-order valence-corrected chi connectivity index (χ2v) is 5.22. The highest BCUT2D eigenvalue weighted by Gasteiger charge is 2.08. The number of likely N-dealkylation sites (N-methyl/N-ethyl adjacent to an activating group) is 1. The average Bonchev–Trinajstić information content (AvgIpc) is 2.53. The van der Waals surface area contributed by atoms with Crippen molar-refractivity contribution >= 4 is 17.5 Å². The fourth-order valence-corrected chi connectivity index (χ4v) is 1.77. The Bertz CT molecular complexity index is 696. The molecule has 0 aliphatic heterocycles. The fraction of sp³-hybridized carbons (Fsp3) is 0.235. The fourth-order valence-electron chi connectivity index (χ4n) is 1.77. The van der Waals surface area contributed by atoms with Gasteiger partial charge in [-0.25, -0.2) is 4.98 Å². The van der Waals surface area contributed by atoms with Gasteiger partial charge < -0.3 is 15.0 Å². The highest BCUT2D eigenvalue weighted by atomic mass is 16.5. The molecule has 6 nitrogen and oxygen atoms in total. The number of carbonyl (C=O) groups excluding carboxylic acids is 2. The van der Waals surface area contributed by atoms with Gasteiger partial charge in [0.1, 0.15) is 11.4 Å². The molecule has 0 radical (unpaired) electrons. The topological polar surface area (TPSA) is 71.5 Å². The molecule has 1 N–H and O–H groups in total. The third kappa shape index (κ3) is 4.81. The van der Waals surface area contributed by atoms with E-state index in [1.165, 1.54) is 4.90 Å². The van der Waals surface area contributed by atoms with Crippen LogP contribution in [0.1, 0.15) is 16.2 Å². The Hall–Kier alpha value is -2.89. The first-order valence-electron chi connectivity index (χ1n) is 7.14. The zero-order valence-electron chi connectivity index (χ0n) is 13.4. The molecular formula is C17H19N3O3. The first-order valence-corrected chi connectivity index (χ1v) is 7.14. The highest BCUT2D eigenvalue weighted by Crippen LogP contribution is 2.16. The van der Waals surface area contributed by atoms with Gasteiger partial charge >= 0.3 is 0 Å². The predicted molar refractivity (Wildman–Crippen MR) is 87.6 cm³/mol. The number of benzene rings is 1. The van der Waals surface area contributed by atoms with Crippen molar-refractivity contribution < 1.29 is 14.3 Å². The number of amides is 2. The molecule has 6 heteroatoms. The van der Waals surface area contributed by atoms with Crippen molar-refractivity contribution in [1.82, 2.24) is 9.88 Å². The van der Waals surface area contributed by atoms with Crippen molar-refractivity contribution in [1.29, 1.82) is 0 Å². The lowest BCUT2D eigenvalue weighted by atomic mass is 10.2. The van der Waals surface area contributed by atoms with E-state index in [0.29, 0.717) is 17.1 Å². The second kappa shape index (κ2) is 7.40. The number of carbonyl (C=O) groups is 2. The molecule has 0 spiro atoms. The molecule has 0 atom stereocenters. The van der Waals surface area contributed by atoms with Gasteiger partial charge in [0.05, 0.1) is 0 Å². The van der Waals surface area contributed by atoms with Gasteiger partial charge in [-0.05, 0) is 43.3 Å². The predicted octanol–water partition coefficient (Wildman–Crippen LogP) is 2.11. The van der Waals surface area contributed by atoms with Crippen LogP contribution < -0.4 is 10.1 Å². The molecule has 23 heavy (non-hydrogen) atoms. The largest absolute Gasteiger partial charge is 0.484 e. The summed E-state index contributed by atoms with van der Waals surface area (Å²) in [4.78, 5) is 29.2. The zero-order chi connectivity index (χ0) is 16.8. The molecule has 0 aliphatic rings. The summed E-state index contributed by atoms with van der Waals surface area (Å²) in [6.07, 6.45) is 0. The smallest absolute Gasteiger partial charge is 0.274 e. The third-order valence-corrected chi connectivity index (χ3v) is 3.09. The molecule has 0 fully saturated rings. The van der Waals surface area contributed by atoms with Crippen LogP contribution in [-0.2, 0) is 4.79 Å². The number of hydrogen-bond acceptors (Lipinski definition) is 4. The van der Waals surface area contributed by atoms with Crippen molar-refractivity contribution in [2.45, 2.75) is 6.92 Å². The van der Waals surface area contributed by atoms with Crippen LogP contribution in [0.5, 0.6) is 5.75 Å². The van der Waals surface area contributed by atoms with Gasteiger partial charge in [0.25, 0.3) is 11.8 Å². The lowest BCUT2D eigenvalue weighted by molar-refractivity contribution is -0.130. The van der Waals surface area contributed by atoms with E-state index in [9.17, 15) is 9.59 Å². The molecule has 0 unspecified atom stereocenters. The van der Waals surface area contributed by atoms with Crippen LogP contribution >= 0.6 is 0 Å². The van der Waals surface area contributed by atoms with Crippen molar-refractivity contribution in [3.63, 3.8) is 0 Å². The summed E-state index contributed by atoms with van der Waals surface area (Å²) in [6, 6.07) is 12.1. The van der Waals surface area contributed by atoms with E-state index in [2.05, 4.69) is 10.3 Å². The molecule has 0 saturated carbocycles. The molecule has 0 bridgehead atoms. The minimum Gasteiger partial charge on any atom is -0.484 e. The van der Waals surface area contributed by atoms with Crippen LogP contribution in [0, 0.1) is 6.92 Å². The average molecular weight is 313 g/mol. The highest BCUT2D eigenvalue weighted by molar-refractivity contribution is 6.02. The summed E-state index contributed by atoms with van der Waals surface area (Å²) in [5.41, 5.74) is 1.78. The molecule has 2 amide bonds. The van der Waals surface area contributed by atoms with Crippen LogP contribution in [0.2, 0.25) is 0 Å². The Morgan fingerprint density at radius 1 is 1.13 bits per heavy atom. The molecule has 1 heterocycles. The molecule has 0 saturated heterocycles. The maximum atomic E-state index is 12.1. The van der Waals surface area contributed by atoms with Crippen LogP contribution in [0.15, 0.2) is 42.5 Å². The number of nitrogens with zero attached hydrogens (tertiary/aromatic N) is 2. The van der Waals surface area contributed by atoms with E-state index < -0.39 is 0 Å². The number of rotatable bonds is 5. The quantitative estimate of drug-likeness (QED) is 0.917. The number of aryl methyl sites for hydroxylation is 1. The van der Waals surface area contributed by atoms with Crippen LogP contribution in [0.4, 0.5) is 5.69 Å². The molecule has 120 valence electrons. The SMILES string of the molecule is Cc1cccc(C(=O)Nc2ccc(OCC(=O)N(C)C)cc2)n1. The van der Waals surface area contributed by atoms with Crippen molar-refractivity contribution in [3.05, 3.63) is 53.9 Å². The standard InChI is InChI=1S/C17H19N3O3/c1-12-5-4-6-15(18-12)17(22)19-13-7-9-14(10-8-13)23-11-16(21)20(2)3/h4-10H,11H2,1-3H3,(H,19,22). The normalized spacial score (nSPS) is 10.0. The van der Waals surface area contributed by atoms with E-state index in [-0.39, 0.29) is 18.4 Å². The Morgan fingerprint density at radius 2 is 1.83 bits per heavy atom. The van der Waals surface area contributed by atoms with Gasteiger partial charge in [0.2, 0.25) is 0 Å². The van der Waals surface area contributed by atoms with E-state index in [1.54, 1.807) is 50.5 Å². The summed E-state index contributed by atoms with van der Waals surface area (Å²) in [6.45, 7) is 1.81. The number of anilines is 1. The van der Waals surface area contributed by atoms with Gasteiger partial charge in [0, 0.05) is 25.5 Å². The summed E-state index contributed by atoms with van der Waals surface area (Å²) in [5, 5.41) is 2.76. The van der Waals surface area contributed by atoms with Crippen molar-refractivity contribution in [2.24, 2.45) is 0 Å². The molecule has 0 aliphatic carbocycles. The van der Waals surface area contributed by atoms with Gasteiger partial charge in [-0.1, -0.05) is 6.07 Å². The van der Waals surface area contributed by atoms with E-state index in [1.807, 2.05) is 13.0 Å². The van der Waals surface area contributed by atoms with Crippen LogP contribution in [0.3, 0.4) is 0 Å². The number of hydrogen-bond donors (Lipinski definition) is 1. The molecule has 2 rings (SSSR count). The summed E-state index contributed by atoms with van der Waals surface area (Å²) >= 11 is 0. The molecular weight excluding hydrogens is 294 g/mol. The van der Waals surface area contributed by atoms with Gasteiger partial charge in [0.15, 0.2) is 6.61 Å². The van der Waals surface area contributed by atoms with Crippen LogP contribution in [-0.4, -0.2) is 42.4 Å². The first-order chi connectivity index (χ1) is 11.0. The first kappa shape index (κ1) is 16.5. The van der Waals surface area contributed by atoms with E-state index in [0.717, 1.165) is 5.69 Å². The summed E-state index contributed by atoms with van der Waals surface area (Å²) < 4.78 is 5.37. The Morgan fingerprint density at radius 3 is 2.43 bits per heavy atom. The zero-order valence-corrected chi connectivity index (χ0v) is 13.4. The van der Waals surface area contributed by atoms with Gasteiger partial charge in [-0.3, -0.25) is 9.59 Å². The molecule has 1 aromatic heterocycles. The minimum atomic E-state index is -0.273. The number of nitrogens with one attached hydrogen (secondary N) is 1. The Kier molecular flexibility index (Phi) is 5.30. The van der Waals surface area contributed by atoms with E-state index in [4.69, 9.17) is 4.74 Å². The Labute approximate surface area is 135 Å². The summed E-state index contributed by atoms with van der Waals surface area (Å²) in [5.74, 6) is 0.171. The maximum absolute atomic E-state index is 12.1. The number of aromatic nitrogens is 1. The molecule has 2 aromatic rings. The monoisotopic (exact) mass is 313 g/mol. The minimum absolute atomic E-state index is 0.0219. The van der Waals surface area contributed by atoms with Gasteiger partial charge in [-0.2, -0.15) is 0 Å². The van der Waals surface area contributed by atoms with Gasteiger partial charge in [-0.15, -0.1) is 0 Å². The third-order valence-electron chi connectivity index (χ3n) is 3.09. The lowest BCUT2D eigenvalue weighted by Crippen LogP contribution is -2.27. The summed E-state index contributed by atoms with van der Waals surface area (Å²) in [7, 11) is 3.34. The molecule has 1 aromatic carbocycles.